The molecule has 1 fully saturated rings. The molecule has 1 aliphatic carbocycles. The van der Waals surface area contributed by atoms with Crippen molar-refractivity contribution in [3.05, 3.63) is 29.1 Å². The number of aromatic nitrogens is 1. The summed E-state index contributed by atoms with van der Waals surface area (Å²) in [5.41, 5.74) is 2.14. The molecule has 2 aliphatic rings. The van der Waals surface area contributed by atoms with Crippen LogP contribution in [0.3, 0.4) is 0 Å². The average Bonchev–Trinajstić information content (AvgIpc) is 3.10. The smallest absolute Gasteiger partial charge is 0.190 e. The van der Waals surface area contributed by atoms with Crippen molar-refractivity contribution < 1.29 is 9.53 Å². The van der Waals surface area contributed by atoms with Crippen molar-refractivity contribution in [1.82, 2.24) is 4.98 Å². The van der Waals surface area contributed by atoms with Crippen LogP contribution in [-0.4, -0.2) is 17.4 Å². The van der Waals surface area contributed by atoms with Gasteiger partial charge >= 0.3 is 0 Å². The zero-order valence-corrected chi connectivity index (χ0v) is 8.82. The molecule has 3 rings (SSSR count). The fourth-order valence-electron chi connectivity index (χ4n) is 1.66. The van der Waals surface area contributed by atoms with Gasteiger partial charge in [-0.3, -0.25) is 4.79 Å². The maximum absolute atomic E-state index is 11.5. The minimum absolute atomic E-state index is 0.00968. The number of carbonyl (C=O) groups is 1. The van der Waals surface area contributed by atoms with Crippen LogP contribution < -0.4 is 0 Å². The van der Waals surface area contributed by atoms with Crippen LogP contribution in [0, 0.1) is 17.8 Å². The number of hydrogen-bond donors (Lipinski definition) is 0. The van der Waals surface area contributed by atoms with Crippen molar-refractivity contribution in [3.63, 3.8) is 0 Å². The number of hydrogen-bond acceptors (Lipinski definition) is 3. The first-order chi connectivity index (χ1) is 7.83. The summed E-state index contributed by atoms with van der Waals surface area (Å²) in [4.78, 5) is 15.8. The molecule has 0 radical (unpaired) electrons. The zero-order valence-electron chi connectivity index (χ0n) is 8.82. The number of carbonyl (C=O) groups excluding carboxylic acids is 1. The summed E-state index contributed by atoms with van der Waals surface area (Å²) in [6.07, 6.45) is 2.42. The van der Waals surface area contributed by atoms with Crippen LogP contribution in [0.25, 0.3) is 0 Å². The van der Waals surface area contributed by atoms with E-state index >= 15 is 0 Å². The average molecular weight is 213 g/mol. The molecule has 80 valence electrons. The predicted octanol–water partition coefficient (Wildman–Crippen LogP) is 1.56. The second-order valence-corrected chi connectivity index (χ2v) is 4.15. The molecule has 0 aromatic carbocycles. The van der Waals surface area contributed by atoms with Gasteiger partial charge in [0.05, 0.1) is 12.3 Å². The van der Waals surface area contributed by atoms with Crippen molar-refractivity contribution >= 4 is 5.78 Å². The maximum atomic E-state index is 11.5. The van der Waals surface area contributed by atoms with Gasteiger partial charge in [-0.15, -0.1) is 0 Å². The van der Waals surface area contributed by atoms with Crippen molar-refractivity contribution in [1.29, 1.82) is 0 Å². The normalized spacial score (nSPS) is 18.6. The Kier molecular flexibility index (Phi) is 2.23. The van der Waals surface area contributed by atoms with Gasteiger partial charge in [-0.2, -0.15) is 0 Å². The summed E-state index contributed by atoms with van der Waals surface area (Å²) >= 11 is 0. The molecule has 0 bridgehead atoms. The SMILES string of the molecule is O=C1COCc2nc(C#CC3CC3)ccc21. The van der Waals surface area contributed by atoms with E-state index in [1.165, 1.54) is 12.8 Å². The van der Waals surface area contributed by atoms with Crippen LogP contribution in [0.5, 0.6) is 0 Å². The van der Waals surface area contributed by atoms with Crippen LogP contribution in [0.4, 0.5) is 0 Å². The molecule has 1 aliphatic heterocycles. The first-order valence-electron chi connectivity index (χ1n) is 5.45. The van der Waals surface area contributed by atoms with E-state index in [1.54, 1.807) is 0 Å². The van der Waals surface area contributed by atoms with Crippen molar-refractivity contribution in [3.8, 4) is 11.8 Å². The van der Waals surface area contributed by atoms with Crippen LogP contribution in [-0.2, 0) is 11.3 Å². The first kappa shape index (κ1) is 9.56. The van der Waals surface area contributed by atoms with Crippen molar-refractivity contribution in [2.24, 2.45) is 5.92 Å². The van der Waals surface area contributed by atoms with Gasteiger partial charge in [-0.1, -0.05) is 5.92 Å². The molecule has 1 aromatic heterocycles. The summed E-state index contributed by atoms with van der Waals surface area (Å²) in [5.74, 6) is 6.77. The van der Waals surface area contributed by atoms with Gasteiger partial charge in [0.1, 0.15) is 12.3 Å². The van der Waals surface area contributed by atoms with E-state index in [4.69, 9.17) is 4.74 Å². The van der Waals surface area contributed by atoms with E-state index in [2.05, 4.69) is 16.8 Å². The molecule has 0 atom stereocenters. The number of fused-ring (bicyclic) bond motifs is 1. The quantitative estimate of drug-likeness (QED) is 0.614. The molecule has 16 heavy (non-hydrogen) atoms. The molecule has 3 nitrogen and oxygen atoms in total. The Labute approximate surface area is 93.8 Å². The first-order valence-corrected chi connectivity index (χ1v) is 5.45. The molecule has 0 N–H and O–H groups in total. The monoisotopic (exact) mass is 213 g/mol. The Balaban J connectivity index is 1.92. The minimum atomic E-state index is 0.00968. The lowest BCUT2D eigenvalue weighted by Crippen LogP contribution is -2.19. The Morgan fingerprint density at radius 3 is 3.00 bits per heavy atom. The van der Waals surface area contributed by atoms with Gasteiger partial charge in [-0.25, -0.2) is 4.98 Å². The van der Waals surface area contributed by atoms with Crippen LogP contribution in [0.2, 0.25) is 0 Å². The Bertz CT molecular complexity index is 506. The third kappa shape index (κ3) is 1.84. The van der Waals surface area contributed by atoms with E-state index in [1.807, 2.05) is 12.1 Å². The summed E-state index contributed by atoms with van der Waals surface area (Å²) in [6, 6.07) is 3.63. The van der Waals surface area contributed by atoms with Crippen molar-refractivity contribution in [2.45, 2.75) is 19.4 Å². The van der Waals surface area contributed by atoms with Gasteiger partial charge < -0.3 is 4.74 Å². The van der Waals surface area contributed by atoms with E-state index in [-0.39, 0.29) is 12.4 Å². The molecule has 0 amide bonds. The Morgan fingerprint density at radius 2 is 2.19 bits per heavy atom. The minimum Gasteiger partial charge on any atom is -0.367 e. The second kappa shape index (κ2) is 3.73. The lowest BCUT2D eigenvalue weighted by atomic mass is 10.1. The highest BCUT2D eigenvalue weighted by atomic mass is 16.5. The fraction of sp³-hybridized carbons (Fsp3) is 0.385. The highest BCUT2D eigenvalue weighted by molar-refractivity contribution is 5.98. The molecule has 0 unspecified atom stereocenters. The number of ketones is 1. The lowest BCUT2D eigenvalue weighted by Gasteiger charge is -2.13. The van der Waals surface area contributed by atoms with Crippen molar-refractivity contribution in [2.75, 3.05) is 6.61 Å². The molecule has 1 saturated carbocycles. The Hall–Kier alpha value is -1.66. The van der Waals surface area contributed by atoms with Gasteiger partial charge in [0.2, 0.25) is 0 Å². The van der Waals surface area contributed by atoms with Crippen LogP contribution in [0.15, 0.2) is 12.1 Å². The summed E-state index contributed by atoms with van der Waals surface area (Å²) in [7, 11) is 0. The highest BCUT2D eigenvalue weighted by Gasteiger charge is 2.19. The molecule has 3 heteroatoms. The second-order valence-electron chi connectivity index (χ2n) is 4.15. The third-order valence-electron chi connectivity index (χ3n) is 2.73. The number of nitrogens with zero attached hydrogens (tertiary/aromatic N) is 1. The maximum Gasteiger partial charge on any atom is 0.190 e. The van der Waals surface area contributed by atoms with E-state index < -0.39 is 0 Å². The number of Topliss-reactive ketones (excluding diaryl/α,β-unsaturated/α-hetero) is 1. The molecular weight excluding hydrogens is 202 g/mol. The molecule has 1 aromatic rings. The number of ether oxygens (including phenoxy) is 1. The van der Waals surface area contributed by atoms with Gasteiger partial charge in [0.15, 0.2) is 5.78 Å². The molecule has 0 saturated heterocycles. The van der Waals surface area contributed by atoms with Gasteiger partial charge in [0.25, 0.3) is 0 Å². The molecular formula is C13H11NO2. The lowest BCUT2D eigenvalue weighted by molar-refractivity contribution is 0.0655. The summed E-state index contributed by atoms with van der Waals surface area (Å²) in [5, 5.41) is 0. The van der Waals surface area contributed by atoms with Crippen LogP contribution in [0.1, 0.15) is 34.6 Å². The number of rotatable bonds is 0. The van der Waals surface area contributed by atoms with Gasteiger partial charge in [0, 0.05) is 11.5 Å². The summed E-state index contributed by atoms with van der Waals surface area (Å²) in [6.45, 7) is 0.585. The largest absolute Gasteiger partial charge is 0.367 e. The van der Waals surface area contributed by atoms with E-state index in [9.17, 15) is 4.79 Å². The Morgan fingerprint density at radius 1 is 1.31 bits per heavy atom. The predicted molar refractivity (Wildman–Crippen MR) is 57.8 cm³/mol. The number of pyridine rings is 1. The van der Waals surface area contributed by atoms with E-state index in [0.717, 1.165) is 11.4 Å². The molecule has 0 spiro atoms. The van der Waals surface area contributed by atoms with Crippen LogP contribution >= 0.6 is 0 Å². The zero-order chi connectivity index (χ0) is 11.0. The fourth-order valence-corrected chi connectivity index (χ4v) is 1.66. The van der Waals surface area contributed by atoms with Gasteiger partial charge in [-0.05, 0) is 30.9 Å². The summed E-state index contributed by atoms with van der Waals surface area (Å²) < 4.78 is 5.14. The van der Waals surface area contributed by atoms with E-state index in [0.29, 0.717) is 18.1 Å². The standard InChI is InChI=1S/C13H11NO2/c15-13-8-16-7-12-11(13)6-5-10(14-12)4-3-9-1-2-9/h5-6,9H,1-2,7-8H2. The highest BCUT2D eigenvalue weighted by Crippen LogP contribution is 2.27. The molecule has 2 heterocycles. The third-order valence-corrected chi connectivity index (χ3v) is 2.73. The topological polar surface area (TPSA) is 39.2 Å².